The number of aryl methyl sites for hydroxylation is 1. The summed E-state index contributed by atoms with van der Waals surface area (Å²) >= 11 is 0. The molecular weight excluding hydrogens is 447 g/mol. The van der Waals surface area contributed by atoms with Crippen LogP contribution in [-0.4, -0.2) is 28.3 Å². The van der Waals surface area contributed by atoms with Crippen molar-refractivity contribution in [3.63, 3.8) is 0 Å². The third-order valence-corrected chi connectivity index (χ3v) is 11.3. The molecule has 0 N–H and O–H groups in total. The molecule has 3 heterocycles. The summed E-state index contributed by atoms with van der Waals surface area (Å²) < 4.78 is 25.5. The van der Waals surface area contributed by atoms with Crippen molar-refractivity contribution < 1.29 is 13.6 Å². The Balaban J connectivity index is 1.59. The van der Waals surface area contributed by atoms with Gasteiger partial charge in [-0.05, 0) is 61.5 Å². The van der Waals surface area contributed by atoms with Gasteiger partial charge in [0.25, 0.3) is 0 Å². The van der Waals surface area contributed by atoms with Gasteiger partial charge in [0.15, 0.2) is 8.32 Å². The first-order chi connectivity index (χ1) is 16.1. The highest BCUT2D eigenvalue weighted by molar-refractivity contribution is 6.74. The first-order valence-corrected chi connectivity index (χ1v) is 14.7. The van der Waals surface area contributed by atoms with Gasteiger partial charge in [0.1, 0.15) is 12.4 Å². The maximum Gasteiger partial charge on any atom is 0.214 e. The highest BCUT2D eigenvalue weighted by Gasteiger charge is 2.37. The van der Waals surface area contributed by atoms with Crippen molar-refractivity contribution >= 4 is 8.32 Å². The number of hydrogen-bond donors (Lipinski definition) is 0. The molecule has 1 aliphatic rings. The van der Waals surface area contributed by atoms with E-state index in [4.69, 9.17) is 19.1 Å². The van der Waals surface area contributed by atoms with E-state index in [0.29, 0.717) is 18.2 Å². The van der Waals surface area contributed by atoms with E-state index in [9.17, 15) is 4.39 Å². The molecule has 0 spiro atoms. The number of aromatic nitrogens is 4. The van der Waals surface area contributed by atoms with Gasteiger partial charge in [0.2, 0.25) is 5.88 Å². The fourth-order valence-electron chi connectivity index (χ4n) is 3.70. The van der Waals surface area contributed by atoms with E-state index in [1.807, 2.05) is 6.07 Å². The van der Waals surface area contributed by atoms with Gasteiger partial charge in [0.05, 0.1) is 42.3 Å². The fourth-order valence-corrected chi connectivity index (χ4v) is 4.64. The van der Waals surface area contributed by atoms with Crippen molar-refractivity contribution in [3.8, 4) is 17.1 Å². The average molecular weight is 481 g/mol. The lowest BCUT2D eigenvalue weighted by Crippen LogP contribution is -2.40. The number of fused-ring (bicyclic) bond motifs is 1. The second-order valence-corrected chi connectivity index (χ2v) is 15.2. The summed E-state index contributed by atoms with van der Waals surface area (Å²) in [5.74, 6) is 0.153. The molecular formula is C26H33FN4O2Si. The maximum atomic E-state index is 13.2. The number of halogens is 1. The number of hydrogen-bond acceptors (Lipinski definition) is 6. The first-order valence-electron chi connectivity index (χ1n) is 11.8. The van der Waals surface area contributed by atoms with Crippen molar-refractivity contribution in [1.82, 2.24) is 19.9 Å². The van der Waals surface area contributed by atoms with Crippen molar-refractivity contribution in [1.29, 1.82) is 0 Å². The molecule has 0 unspecified atom stereocenters. The van der Waals surface area contributed by atoms with Crippen LogP contribution in [0.3, 0.4) is 0 Å². The van der Waals surface area contributed by atoms with Crippen LogP contribution < -0.4 is 4.74 Å². The molecule has 0 radical (unpaired) electrons. The Bertz CT molecular complexity index is 1150. The van der Waals surface area contributed by atoms with Gasteiger partial charge in [0, 0.05) is 17.3 Å². The zero-order chi connectivity index (χ0) is 24.3. The molecule has 1 aliphatic carbocycles. The molecule has 0 atom stereocenters. The van der Waals surface area contributed by atoms with Gasteiger partial charge in [-0.1, -0.05) is 20.8 Å². The third-order valence-electron chi connectivity index (χ3n) is 6.78. The molecule has 34 heavy (non-hydrogen) atoms. The Morgan fingerprint density at radius 2 is 1.76 bits per heavy atom. The van der Waals surface area contributed by atoms with Gasteiger partial charge < -0.3 is 9.16 Å². The van der Waals surface area contributed by atoms with Crippen LogP contribution in [-0.2, 0) is 30.5 Å². The van der Waals surface area contributed by atoms with Gasteiger partial charge in [-0.25, -0.2) is 14.4 Å². The summed E-state index contributed by atoms with van der Waals surface area (Å²) in [6.45, 7) is 11.8. The fraction of sp³-hybridized carbons (Fsp3) is 0.462. The summed E-state index contributed by atoms with van der Waals surface area (Å²) in [6.07, 6.45) is 8.88. The lowest BCUT2D eigenvalue weighted by Gasteiger charge is -2.36. The summed E-state index contributed by atoms with van der Waals surface area (Å²) in [5.41, 5.74) is 5.55. The average Bonchev–Trinajstić information content (AvgIpc) is 2.81. The van der Waals surface area contributed by atoms with E-state index in [2.05, 4.69) is 43.8 Å². The topological polar surface area (TPSA) is 70.0 Å². The van der Waals surface area contributed by atoms with E-state index < -0.39 is 8.32 Å². The molecule has 6 nitrogen and oxygen atoms in total. The molecule has 0 saturated carbocycles. The van der Waals surface area contributed by atoms with Crippen molar-refractivity contribution in [2.75, 3.05) is 0 Å². The summed E-state index contributed by atoms with van der Waals surface area (Å²) in [4.78, 5) is 18.2. The van der Waals surface area contributed by atoms with E-state index in [0.717, 1.165) is 48.3 Å². The lowest BCUT2D eigenvalue weighted by molar-refractivity contribution is 0.271. The summed E-state index contributed by atoms with van der Waals surface area (Å²) in [5, 5.41) is 0.133. The molecule has 0 aromatic carbocycles. The lowest BCUT2D eigenvalue weighted by atomic mass is 9.91. The zero-order valence-electron chi connectivity index (χ0n) is 20.7. The van der Waals surface area contributed by atoms with Crippen LogP contribution in [0.25, 0.3) is 11.3 Å². The number of ether oxygens (including phenoxy) is 1. The zero-order valence-corrected chi connectivity index (χ0v) is 21.7. The molecule has 4 rings (SSSR count). The highest BCUT2D eigenvalue weighted by Crippen LogP contribution is 2.37. The minimum absolute atomic E-state index is 0.133. The second-order valence-electron chi connectivity index (χ2n) is 10.3. The summed E-state index contributed by atoms with van der Waals surface area (Å²) in [7, 11) is -1.89. The van der Waals surface area contributed by atoms with Gasteiger partial charge >= 0.3 is 0 Å². The van der Waals surface area contributed by atoms with E-state index in [1.165, 1.54) is 17.8 Å². The largest absolute Gasteiger partial charge is 0.471 e. The minimum Gasteiger partial charge on any atom is -0.471 e. The first kappa shape index (κ1) is 24.4. The van der Waals surface area contributed by atoms with Crippen LogP contribution in [0.5, 0.6) is 5.88 Å². The Morgan fingerprint density at radius 3 is 2.50 bits per heavy atom. The smallest absolute Gasteiger partial charge is 0.214 e. The number of nitrogens with zero attached hydrogens (tertiary/aromatic N) is 4. The van der Waals surface area contributed by atoms with Crippen molar-refractivity contribution in [2.24, 2.45) is 0 Å². The molecule has 8 heteroatoms. The molecule has 0 amide bonds. The normalized spacial score (nSPS) is 14.1. The SMILES string of the molecule is CC(C)(C)[Si](C)(C)OCc1cncc(-c2cc(OCc3ccc(F)cn3)nc3c2CCCC3)n1. The molecule has 180 valence electrons. The molecule has 3 aromatic rings. The predicted molar refractivity (Wildman–Crippen MR) is 132 cm³/mol. The molecule has 0 aliphatic heterocycles. The molecule has 0 saturated heterocycles. The molecule has 0 bridgehead atoms. The predicted octanol–water partition coefficient (Wildman–Crippen LogP) is 6.05. The summed E-state index contributed by atoms with van der Waals surface area (Å²) in [6, 6.07) is 4.94. The van der Waals surface area contributed by atoms with Crippen LogP contribution in [0.15, 0.2) is 36.8 Å². The minimum atomic E-state index is -1.89. The van der Waals surface area contributed by atoms with Crippen LogP contribution in [0, 0.1) is 5.82 Å². The van der Waals surface area contributed by atoms with Crippen LogP contribution in [0.1, 0.15) is 56.3 Å². The van der Waals surface area contributed by atoms with E-state index >= 15 is 0 Å². The molecule has 3 aromatic heterocycles. The standard InChI is InChI=1S/C26H33FN4O2Si/c1-26(2,3)34(4,5)33-17-20-14-28-15-24(30-20)22-12-25(31-23-9-7-6-8-21(22)23)32-16-19-11-10-18(27)13-29-19/h10-15H,6-9,16-17H2,1-5H3. The number of pyridine rings is 2. The van der Waals surface area contributed by atoms with E-state index in [-0.39, 0.29) is 17.5 Å². The van der Waals surface area contributed by atoms with Gasteiger partial charge in [-0.3, -0.25) is 9.97 Å². The van der Waals surface area contributed by atoms with Gasteiger partial charge in [-0.15, -0.1) is 0 Å². The molecule has 0 fully saturated rings. The maximum absolute atomic E-state index is 13.2. The monoisotopic (exact) mass is 480 g/mol. The van der Waals surface area contributed by atoms with E-state index in [1.54, 1.807) is 18.5 Å². The Hall–Kier alpha value is -2.71. The Labute approximate surface area is 202 Å². The van der Waals surface area contributed by atoms with Crippen LogP contribution in [0.4, 0.5) is 4.39 Å². The van der Waals surface area contributed by atoms with Gasteiger partial charge in [-0.2, -0.15) is 0 Å². The highest BCUT2D eigenvalue weighted by atomic mass is 28.4. The van der Waals surface area contributed by atoms with Crippen molar-refractivity contribution in [3.05, 3.63) is 65.3 Å². The Morgan fingerprint density at radius 1 is 0.971 bits per heavy atom. The number of rotatable bonds is 7. The van der Waals surface area contributed by atoms with Crippen molar-refractivity contribution in [2.45, 2.75) is 77.8 Å². The van der Waals surface area contributed by atoms with Crippen LogP contribution >= 0.6 is 0 Å². The Kier molecular flexibility index (Phi) is 7.09. The second kappa shape index (κ2) is 9.88. The van der Waals surface area contributed by atoms with Crippen LogP contribution in [0.2, 0.25) is 18.1 Å². The third kappa shape index (κ3) is 5.67. The quantitative estimate of drug-likeness (QED) is 0.383.